The zero-order valence-electron chi connectivity index (χ0n) is 10.5. The minimum absolute atomic E-state index is 0.145. The highest BCUT2D eigenvalue weighted by Gasteiger charge is 2.15. The molecule has 2 nitrogen and oxygen atoms in total. The van der Waals surface area contributed by atoms with Crippen molar-refractivity contribution in [1.82, 2.24) is 4.57 Å². The Kier molecular flexibility index (Phi) is 4.40. The van der Waals surface area contributed by atoms with E-state index in [1.54, 1.807) is 0 Å². The molecule has 0 spiro atoms. The van der Waals surface area contributed by atoms with Gasteiger partial charge in [0, 0.05) is 28.4 Å². The normalized spacial score (nSPS) is 12.6. The molecule has 18 heavy (non-hydrogen) atoms. The van der Waals surface area contributed by atoms with Crippen molar-refractivity contribution < 1.29 is 0 Å². The maximum Gasteiger partial charge on any atom is 0.307 e. The highest BCUT2D eigenvalue weighted by Crippen LogP contribution is 2.21. The predicted molar refractivity (Wildman–Crippen MR) is 81.0 cm³/mol. The molecule has 0 aliphatic carbocycles. The van der Waals surface area contributed by atoms with Crippen molar-refractivity contribution in [3.8, 4) is 0 Å². The number of benzene rings is 1. The van der Waals surface area contributed by atoms with Crippen LogP contribution in [-0.2, 0) is 6.54 Å². The topological polar surface area (TPSA) is 22.0 Å². The number of aromatic nitrogens is 1. The molecular formula is C14H16BrNOS. The van der Waals surface area contributed by atoms with Crippen molar-refractivity contribution >= 4 is 27.3 Å². The summed E-state index contributed by atoms with van der Waals surface area (Å²) in [4.78, 5) is 13.2. The number of thiazole rings is 1. The first-order valence-corrected chi connectivity index (χ1v) is 7.85. The first-order chi connectivity index (χ1) is 8.63. The standard InChI is InChI=1S/C14H16BrNOS/c1-10-11(2)18-14(17)16(10)9-13(8-15)12-6-4-3-5-7-12/h3-7,13H,8-9H2,1-2H3. The van der Waals surface area contributed by atoms with E-state index in [2.05, 4.69) is 28.1 Å². The maximum atomic E-state index is 11.9. The molecule has 0 N–H and O–H groups in total. The zero-order chi connectivity index (χ0) is 13.1. The van der Waals surface area contributed by atoms with Crippen LogP contribution in [0.1, 0.15) is 22.1 Å². The number of halogens is 1. The molecule has 2 rings (SSSR count). The van der Waals surface area contributed by atoms with Gasteiger partial charge >= 0.3 is 4.87 Å². The van der Waals surface area contributed by atoms with E-state index in [0.717, 1.165) is 22.4 Å². The molecule has 0 bridgehead atoms. The Bertz CT molecular complexity index is 573. The van der Waals surface area contributed by atoms with Crippen molar-refractivity contribution in [2.75, 3.05) is 5.33 Å². The summed E-state index contributed by atoms with van der Waals surface area (Å²) in [6, 6.07) is 10.3. The molecule has 4 heteroatoms. The highest BCUT2D eigenvalue weighted by atomic mass is 79.9. The molecular weight excluding hydrogens is 310 g/mol. The molecule has 1 atom stereocenters. The van der Waals surface area contributed by atoms with E-state index in [1.807, 2.05) is 36.6 Å². The summed E-state index contributed by atoms with van der Waals surface area (Å²) in [5, 5.41) is 0.859. The van der Waals surface area contributed by atoms with Gasteiger partial charge in [0.15, 0.2) is 0 Å². The fourth-order valence-corrected chi connectivity index (χ4v) is 3.41. The quantitative estimate of drug-likeness (QED) is 0.785. The Morgan fingerprint density at radius 2 is 1.94 bits per heavy atom. The van der Waals surface area contributed by atoms with Gasteiger partial charge in [-0.2, -0.15) is 0 Å². The third-order valence-corrected chi connectivity index (χ3v) is 5.01. The summed E-state index contributed by atoms with van der Waals surface area (Å²) in [5.41, 5.74) is 2.36. The lowest BCUT2D eigenvalue weighted by Gasteiger charge is -2.16. The minimum atomic E-state index is 0.145. The van der Waals surface area contributed by atoms with Crippen LogP contribution in [0.2, 0.25) is 0 Å². The molecule has 0 saturated heterocycles. The average molecular weight is 326 g/mol. The van der Waals surface area contributed by atoms with Crippen LogP contribution in [0, 0.1) is 13.8 Å². The van der Waals surface area contributed by atoms with Gasteiger partial charge in [0.05, 0.1) is 0 Å². The molecule has 0 aliphatic rings. The molecule has 1 heterocycles. The molecule has 1 aromatic heterocycles. The number of hydrogen-bond donors (Lipinski definition) is 0. The van der Waals surface area contributed by atoms with Gasteiger partial charge in [-0.3, -0.25) is 4.79 Å². The minimum Gasteiger partial charge on any atom is -0.302 e. The van der Waals surface area contributed by atoms with Crippen molar-refractivity contribution in [1.29, 1.82) is 0 Å². The van der Waals surface area contributed by atoms with Gasteiger partial charge in [0.25, 0.3) is 0 Å². The van der Waals surface area contributed by atoms with Crippen LogP contribution in [0.25, 0.3) is 0 Å². The smallest absolute Gasteiger partial charge is 0.302 e. The molecule has 0 saturated carbocycles. The van der Waals surface area contributed by atoms with Gasteiger partial charge in [0.1, 0.15) is 0 Å². The summed E-state index contributed by atoms with van der Waals surface area (Å²) in [6.45, 7) is 4.76. The molecule has 1 aromatic carbocycles. The molecule has 0 amide bonds. The second kappa shape index (κ2) is 5.85. The van der Waals surface area contributed by atoms with Crippen molar-refractivity contribution in [2.24, 2.45) is 0 Å². The number of aryl methyl sites for hydroxylation is 1. The van der Waals surface area contributed by atoms with E-state index in [0.29, 0.717) is 5.92 Å². The summed E-state index contributed by atoms with van der Waals surface area (Å²) in [5.74, 6) is 0.330. The molecule has 1 unspecified atom stereocenters. The molecule has 0 fully saturated rings. The molecule has 96 valence electrons. The monoisotopic (exact) mass is 325 g/mol. The third kappa shape index (κ3) is 2.75. The van der Waals surface area contributed by atoms with Gasteiger partial charge in [-0.05, 0) is 19.4 Å². The third-order valence-electron chi connectivity index (χ3n) is 3.24. The highest BCUT2D eigenvalue weighted by molar-refractivity contribution is 9.09. The van der Waals surface area contributed by atoms with E-state index in [-0.39, 0.29) is 4.87 Å². The molecule has 2 aromatic rings. The van der Waals surface area contributed by atoms with Gasteiger partial charge in [-0.25, -0.2) is 0 Å². The van der Waals surface area contributed by atoms with E-state index in [9.17, 15) is 4.79 Å². The van der Waals surface area contributed by atoms with Crippen LogP contribution in [-0.4, -0.2) is 9.90 Å². The van der Waals surface area contributed by atoms with Gasteiger partial charge in [-0.1, -0.05) is 57.6 Å². The Morgan fingerprint density at radius 3 is 2.44 bits per heavy atom. The van der Waals surface area contributed by atoms with E-state index < -0.39 is 0 Å². The van der Waals surface area contributed by atoms with Crippen LogP contribution in [0.5, 0.6) is 0 Å². The Balaban J connectivity index is 2.29. The van der Waals surface area contributed by atoms with Crippen LogP contribution >= 0.6 is 27.3 Å². The summed E-state index contributed by atoms with van der Waals surface area (Å²) in [7, 11) is 0. The van der Waals surface area contributed by atoms with Gasteiger partial charge in [-0.15, -0.1) is 0 Å². The number of rotatable bonds is 4. The van der Waals surface area contributed by atoms with E-state index >= 15 is 0 Å². The second-order valence-corrected chi connectivity index (χ2v) is 6.20. The Morgan fingerprint density at radius 1 is 1.28 bits per heavy atom. The fraction of sp³-hybridized carbons (Fsp3) is 0.357. The summed E-state index contributed by atoms with van der Waals surface area (Å²) < 4.78 is 1.89. The van der Waals surface area contributed by atoms with Crippen molar-refractivity contribution in [3.63, 3.8) is 0 Å². The number of alkyl halides is 1. The molecule has 0 radical (unpaired) electrons. The predicted octanol–water partition coefficient (Wildman–Crippen LogP) is 3.71. The lowest BCUT2D eigenvalue weighted by Crippen LogP contribution is -2.20. The average Bonchev–Trinajstić information content (AvgIpc) is 2.62. The van der Waals surface area contributed by atoms with Gasteiger partial charge in [0.2, 0.25) is 0 Å². The Labute approximate surface area is 119 Å². The second-order valence-electron chi connectivity index (χ2n) is 4.38. The number of hydrogen-bond acceptors (Lipinski definition) is 2. The van der Waals surface area contributed by atoms with E-state index in [4.69, 9.17) is 0 Å². The lowest BCUT2D eigenvalue weighted by molar-refractivity contribution is 0.585. The summed E-state index contributed by atoms with van der Waals surface area (Å²) >= 11 is 4.89. The Hall–Kier alpha value is -0.870. The SMILES string of the molecule is Cc1sc(=O)n(CC(CBr)c2ccccc2)c1C. The number of nitrogens with zero attached hydrogens (tertiary/aromatic N) is 1. The van der Waals surface area contributed by atoms with Crippen LogP contribution in [0.4, 0.5) is 0 Å². The van der Waals surface area contributed by atoms with E-state index in [1.165, 1.54) is 16.9 Å². The van der Waals surface area contributed by atoms with Crippen molar-refractivity contribution in [2.45, 2.75) is 26.3 Å². The summed E-state index contributed by atoms with van der Waals surface area (Å²) in [6.07, 6.45) is 0. The fourth-order valence-electron chi connectivity index (χ4n) is 1.99. The lowest BCUT2D eigenvalue weighted by atomic mass is 10.0. The van der Waals surface area contributed by atoms with Gasteiger partial charge < -0.3 is 4.57 Å². The van der Waals surface area contributed by atoms with Crippen LogP contribution in [0.15, 0.2) is 35.1 Å². The maximum absolute atomic E-state index is 11.9. The van der Waals surface area contributed by atoms with Crippen molar-refractivity contribution in [3.05, 3.63) is 56.1 Å². The largest absolute Gasteiger partial charge is 0.307 e. The first-order valence-electron chi connectivity index (χ1n) is 5.91. The van der Waals surface area contributed by atoms with Crippen LogP contribution < -0.4 is 4.87 Å². The zero-order valence-corrected chi connectivity index (χ0v) is 12.9. The molecule has 0 aliphatic heterocycles. The first kappa shape index (κ1) is 13.6. The van der Waals surface area contributed by atoms with Crippen LogP contribution in [0.3, 0.4) is 0 Å².